The minimum atomic E-state index is -0.0135. The van der Waals surface area contributed by atoms with E-state index in [4.69, 9.17) is 27.9 Å². The number of hydrogen-bond donors (Lipinski definition) is 0. The highest BCUT2D eigenvalue weighted by molar-refractivity contribution is 7.82. The van der Waals surface area contributed by atoms with Crippen LogP contribution >= 0.6 is 35.4 Å². The van der Waals surface area contributed by atoms with E-state index in [0.717, 1.165) is 5.56 Å². The lowest BCUT2D eigenvalue weighted by Crippen LogP contribution is -1.97. The molecule has 0 unspecified atom stereocenters. The fraction of sp³-hybridized carbons (Fsp3) is 0.125. The van der Waals surface area contributed by atoms with Crippen LogP contribution in [0.25, 0.3) is 0 Å². The smallest absolute Gasteiger partial charge is 0.260 e. The summed E-state index contributed by atoms with van der Waals surface area (Å²) in [6, 6.07) is 5.23. The van der Waals surface area contributed by atoms with Gasteiger partial charge in [-0.15, -0.1) is 0 Å². The van der Waals surface area contributed by atoms with Crippen LogP contribution in [0.4, 0.5) is 0 Å². The number of rotatable bonds is 1. The molecule has 0 radical (unpaired) electrons. The second-order valence-electron chi connectivity index (χ2n) is 2.25. The Bertz CT molecular complexity index is 312. The number of benzene rings is 1. The number of aryl methyl sites for hydroxylation is 1. The van der Waals surface area contributed by atoms with Crippen LogP contribution in [0.15, 0.2) is 18.2 Å². The predicted molar refractivity (Wildman–Crippen MR) is 55.3 cm³/mol. The van der Waals surface area contributed by atoms with E-state index in [-0.39, 0.29) is 4.51 Å². The van der Waals surface area contributed by atoms with Gasteiger partial charge in [0.25, 0.3) is 4.51 Å². The van der Waals surface area contributed by atoms with Crippen LogP contribution in [-0.2, 0) is 0 Å². The van der Waals surface area contributed by atoms with Crippen LogP contribution in [-0.4, -0.2) is 4.51 Å². The van der Waals surface area contributed by atoms with E-state index >= 15 is 0 Å². The molecular formula is C8H6Cl2OS. The molecule has 4 heteroatoms. The van der Waals surface area contributed by atoms with Crippen molar-refractivity contribution < 1.29 is 4.74 Å². The zero-order chi connectivity index (χ0) is 9.14. The molecule has 0 aliphatic heterocycles. The van der Waals surface area contributed by atoms with Crippen molar-refractivity contribution in [2.45, 2.75) is 6.92 Å². The summed E-state index contributed by atoms with van der Waals surface area (Å²) < 4.78 is 5.02. The summed E-state index contributed by atoms with van der Waals surface area (Å²) in [4.78, 5) is 0. The lowest BCUT2D eigenvalue weighted by atomic mass is 10.2. The molecule has 0 fully saturated rings. The van der Waals surface area contributed by atoms with E-state index in [1.165, 1.54) is 0 Å². The normalized spacial score (nSPS) is 9.58. The first-order valence-corrected chi connectivity index (χ1v) is 4.39. The first kappa shape index (κ1) is 9.78. The van der Waals surface area contributed by atoms with Crippen molar-refractivity contribution >= 4 is 39.9 Å². The number of hydrogen-bond acceptors (Lipinski definition) is 2. The first-order chi connectivity index (χ1) is 5.59. The minimum absolute atomic E-state index is 0.0135. The van der Waals surface area contributed by atoms with Gasteiger partial charge in [0, 0.05) is 5.02 Å². The molecule has 0 atom stereocenters. The Balaban J connectivity index is 2.93. The van der Waals surface area contributed by atoms with E-state index in [9.17, 15) is 0 Å². The molecule has 0 aliphatic rings. The monoisotopic (exact) mass is 220 g/mol. The molecule has 0 spiro atoms. The highest BCUT2D eigenvalue weighted by Gasteiger charge is 2.01. The average Bonchev–Trinajstić information content (AvgIpc) is 1.94. The van der Waals surface area contributed by atoms with Gasteiger partial charge >= 0.3 is 0 Å². The molecule has 1 aromatic carbocycles. The van der Waals surface area contributed by atoms with Crippen molar-refractivity contribution in [1.82, 2.24) is 0 Å². The third-order valence-corrected chi connectivity index (χ3v) is 1.72. The van der Waals surface area contributed by atoms with Gasteiger partial charge in [0.1, 0.15) is 5.75 Å². The fourth-order valence-electron chi connectivity index (χ4n) is 0.814. The SMILES string of the molecule is Cc1cc(Cl)ccc1OC(=S)Cl. The van der Waals surface area contributed by atoms with Gasteiger partial charge < -0.3 is 4.74 Å². The summed E-state index contributed by atoms with van der Waals surface area (Å²) in [6.07, 6.45) is 0. The van der Waals surface area contributed by atoms with Crippen molar-refractivity contribution in [2.75, 3.05) is 0 Å². The molecule has 0 aliphatic carbocycles. The van der Waals surface area contributed by atoms with E-state index in [0.29, 0.717) is 10.8 Å². The second kappa shape index (κ2) is 4.08. The maximum Gasteiger partial charge on any atom is 0.260 e. The Morgan fingerprint density at radius 1 is 1.50 bits per heavy atom. The van der Waals surface area contributed by atoms with Gasteiger partial charge in [0.15, 0.2) is 0 Å². The van der Waals surface area contributed by atoms with Gasteiger partial charge in [-0.1, -0.05) is 11.6 Å². The minimum Gasteiger partial charge on any atom is -0.436 e. The molecule has 0 saturated carbocycles. The van der Waals surface area contributed by atoms with Crippen molar-refractivity contribution in [3.63, 3.8) is 0 Å². The van der Waals surface area contributed by atoms with E-state index in [2.05, 4.69) is 12.2 Å². The quantitative estimate of drug-likeness (QED) is 0.529. The molecule has 0 N–H and O–H groups in total. The Kier molecular flexibility index (Phi) is 3.32. The zero-order valence-electron chi connectivity index (χ0n) is 6.30. The van der Waals surface area contributed by atoms with Gasteiger partial charge in [-0.05, 0) is 54.5 Å². The fourth-order valence-corrected chi connectivity index (χ4v) is 1.21. The molecule has 0 aromatic heterocycles. The summed E-state index contributed by atoms with van der Waals surface area (Å²) >= 11 is 15.7. The van der Waals surface area contributed by atoms with Crippen LogP contribution in [0.2, 0.25) is 5.02 Å². The molecule has 0 amide bonds. The molecule has 1 rings (SSSR count). The van der Waals surface area contributed by atoms with E-state index in [1.54, 1.807) is 18.2 Å². The van der Waals surface area contributed by atoms with E-state index in [1.807, 2.05) is 6.92 Å². The predicted octanol–water partition coefficient (Wildman–Crippen LogP) is 3.55. The Hall–Kier alpha value is -0.310. The lowest BCUT2D eigenvalue weighted by Gasteiger charge is -2.04. The molecule has 0 bridgehead atoms. The van der Waals surface area contributed by atoms with Crippen molar-refractivity contribution in [1.29, 1.82) is 0 Å². The zero-order valence-corrected chi connectivity index (χ0v) is 8.63. The third-order valence-electron chi connectivity index (χ3n) is 1.33. The molecule has 1 nitrogen and oxygen atoms in total. The summed E-state index contributed by atoms with van der Waals surface area (Å²) in [6.45, 7) is 1.87. The molecule has 0 heterocycles. The van der Waals surface area contributed by atoms with Gasteiger partial charge in [-0.3, -0.25) is 0 Å². The van der Waals surface area contributed by atoms with E-state index < -0.39 is 0 Å². The van der Waals surface area contributed by atoms with Crippen LogP contribution in [0.1, 0.15) is 5.56 Å². The van der Waals surface area contributed by atoms with Gasteiger partial charge in [0.2, 0.25) is 0 Å². The average molecular weight is 221 g/mol. The summed E-state index contributed by atoms with van der Waals surface area (Å²) in [5, 5.41) is 0.667. The summed E-state index contributed by atoms with van der Waals surface area (Å²) in [5.74, 6) is 0.638. The maximum absolute atomic E-state index is 5.73. The van der Waals surface area contributed by atoms with Crippen LogP contribution < -0.4 is 4.74 Å². The standard InChI is InChI=1S/C8H6Cl2OS/c1-5-4-6(9)2-3-7(5)11-8(10)12/h2-4H,1H3. The third kappa shape index (κ3) is 2.63. The largest absolute Gasteiger partial charge is 0.436 e. The van der Waals surface area contributed by atoms with Crippen molar-refractivity contribution in [3.05, 3.63) is 28.8 Å². The maximum atomic E-state index is 5.73. The molecule has 1 aromatic rings. The number of thiocarbonyl (C=S) groups is 1. The second-order valence-corrected chi connectivity index (χ2v) is 3.62. The highest BCUT2D eigenvalue weighted by atomic mass is 35.5. The lowest BCUT2D eigenvalue weighted by molar-refractivity contribution is 0.572. The topological polar surface area (TPSA) is 9.23 Å². The van der Waals surface area contributed by atoms with Crippen LogP contribution in [0, 0.1) is 6.92 Å². The molecule has 0 saturated heterocycles. The van der Waals surface area contributed by atoms with Gasteiger partial charge in [0.05, 0.1) is 0 Å². The Morgan fingerprint density at radius 2 is 2.17 bits per heavy atom. The van der Waals surface area contributed by atoms with Gasteiger partial charge in [-0.25, -0.2) is 0 Å². The van der Waals surface area contributed by atoms with Crippen molar-refractivity contribution in [3.8, 4) is 5.75 Å². The molecule has 64 valence electrons. The van der Waals surface area contributed by atoms with Gasteiger partial charge in [-0.2, -0.15) is 0 Å². The first-order valence-electron chi connectivity index (χ1n) is 3.23. The summed E-state index contributed by atoms with van der Waals surface area (Å²) in [5.41, 5.74) is 0.908. The molecule has 12 heavy (non-hydrogen) atoms. The Morgan fingerprint density at radius 3 is 2.67 bits per heavy atom. The van der Waals surface area contributed by atoms with Crippen molar-refractivity contribution in [2.24, 2.45) is 0 Å². The van der Waals surface area contributed by atoms with Crippen LogP contribution in [0.3, 0.4) is 0 Å². The van der Waals surface area contributed by atoms with Crippen LogP contribution in [0.5, 0.6) is 5.75 Å². The Labute approximate surface area is 86.2 Å². The number of ether oxygens (including phenoxy) is 1. The highest BCUT2D eigenvalue weighted by Crippen LogP contribution is 2.22. The number of halogens is 2. The summed E-state index contributed by atoms with van der Waals surface area (Å²) in [7, 11) is 0. The molecular weight excluding hydrogens is 215 g/mol.